The van der Waals surface area contributed by atoms with Crippen LogP contribution in [0.15, 0.2) is 28.7 Å². The molecule has 1 aliphatic heterocycles. The van der Waals surface area contributed by atoms with Crippen LogP contribution in [0.4, 0.5) is 0 Å². The van der Waals surface area contributed by atoms with Gasteiger partial charge in [0, 0.05) is 30.4 Å². The molecule has 0 unspecified atom stereocenters. The van der Waals surface area contributed by atoms with E-state index in [0.29, 0.717) is 13.2 Å². The highest BCUT2D eigenvalue weighted by Gasteiger charge is 2.22. The van der Waals surface area contributed by atoms with E-state index in [1.807, 2.05) is 24.3 Å². The smallest absolute Gasteiger partial charge is 0.148 e. The van der Waals surface area contributed by atoms with E-state index in [0.717, 1.165) is 23.1 Å². The quantitative estimate of drug-likeness (QED) is 0.834. The lowest BCUT2D eigenvalue weighted by atomic mass is 10.1. The fraction of sp³-hybridized carbons (Fsp3) is 0.538. The Labute approximate surface area is 122 Å². The summed E-state index contributed by atoms with van der Waals surface area (Å²) in [5, 5.41) is 0. The Kier molecular flexibility index (Phi) is 5.00. The Hall–Kier alpha value is -0.430. The fourth-order valence-electron chi connectivity index (χ4n) is 2.08. The maximum atomic E-state index is 11.2. The highest BCUT2D eigenvalue weighted by molar-refractivity contribution is 9.10. The van der Waals surface area contributed by atoms with Crippen LogP contribution >= 0.6 is 15.9 Å². The molecule has 6 heteroatoms. The molecule has 106 valence electrons. The minimum absolute atomic E-state index is 0.0291. The highest BCUT2D eigenvalue weighted by atomic mass is 79.9. The summed E-state index contributed by atoms with van der Waals surface area (Å²) in [5.41, 5.74) is 1.13. The van der Waals surface area contributed by atoms with Crippen LogP contribution < -0.4 is 0 Å². The molecule has 4 nitrogen and oxygen atoms in total. The van der Waals surface area contributed by atoms with Crippen molar-refractivity contribution in [3.8, 4) is 0 Å². The van der Waals surface area contributed by atoms with Gasteiger partial charge in [-0.3, -0.25) is 4.90 Å². The minimum atomic E-state index is -2.90. The summed E-state index contributed by atoms with van der Waals surface area (Å²) in [4.78, 5) is 2.15. The van der Waals surface area contributed by atoms with Crippen LogP contribution in [-0.4, -0.2) is 51.6 Å². The lowest BCUT2D eigenvalue weighted by Gasteiger charge is -2.33. The number of sulfone groups is 1. The van der Waals surface area contributed by atoms with Crippen LogP contribution in [0.2, 0.25) is 0 Å². The summed E-state index contributed by atoms with van der Waals surface area (Å²) >= 11 is 3.41. The third-order valence-corrected chi connectivity index (χ3v) is 4.62. The van der Waals surface area contributed by atoms with E-state index in [1.165, 1.54) is 6.26 Å². The largest absolute Gasteiger partial charge is 0.371 e. The van der Waals surface area contributed by atoms with Gasteiger partial charge in [0.1, 0.15) is 9.84 Å². The van der Waals surface area contributed by atoms with Gasteiger partial charge in [0.2, 0.25) is 0 Å². The number of hydrogen-bond acceptors (Lipinski definition) is 4. The van der Waals surface area contributed by atoms with E-state index in [1.54, 1.807) is 0 Å². The van der Waals surface area contributed by atoms with Crippen molar-refractivity contribution in [3.63, 3.8) is 0 Å². The molecule has 0 N–H and O–H groups in total. The summed E-state index contributed by atoms with van der Waals surface area (Å²) < 4.78 is 29.2. The van der Waals surface area contributed by atoms with E-state index in [9.17, 15) is 8.42 Å². The van der Waals surface area contributed by atoms with Crippen molar-refractivity contribution < 1.29 is 13.2 Å². The summed E-state index contributed by atoms with van der Waals surface area (Å²) in [6.07, 6.45) is 1.31. The SMILES string of the molecule is CS(=O)(=O)CCN1CCO[C@H](c2ccc(Br)cc2)C1. The van der Waals surface area contributed by atoms with E-state index >= 15 is 0 Å². The molecule has 1 aliphatic rings. The molecular weight excluding hydrogens is 330 g/mol. The van der Waals surface area contributed by atoms with Crippen molar-refractivity contribution in [1.82, 2.24) is 4.90 Å². The van der Waals surface area contributed by atoms with Crippen molar-refractivity contribution in [2.75, 3.05) is 38.2 Å². The van der Waals surface area contributed by atoms with Gasteiger partial charge in [-0.25, -0.2) is 8.42 Å². The summed E-state index contributed by atoms with van der Waals surface area (Å²) in [6, 6.07) is 8.06. The number of rotatable bonds is 4. The number of benzene rings is 1. The molecule has 2 rings (SSSR count). The molecular formula is C13H18BrNO3S. The van der Waals surface area contributed by atoms with Gasteiger partial charge in [-0.05, 0) is 17.7 Å². The normalized spacial score (nSPS) is 21.5. The lowest BCUT2D eigenvalue weighted by Crippen LogP contribution is -2.40. The molecule has 0 amide bonds. The second kappa shape index (κ2) is 6.35. The predicted octanol–water partition coefficient (Wildman–Crippen LogP) is 1.87. The molecule has 0 radical (unpaired) electrons. The van der Waals surface area contributed by atoms with Gasteiger partial charge in [0.15, 0.2) is 0 Å². The van der Waals surface area contributed by atoms with Gasteiger partial charge in [-0.15, -0.1) is 0 Å². The topological polar surface area (TPSA) is 46.6 Å². The summed E-state index contributed by atoms with van der Waals surface area (Å²) in [6.45, 7) is 2.76. The predicted molar refractivity (Wildman–Crippen MR) is 79.0 cm³/mol. The minimum Gasteiger partial charge on any atom is -0.371 e. The molecule has 1 aromatic carbocycles. The van der Waals surface area contributed by atoms with Crippen LogP contribution in [0.1, 0.15) is 11.7 Å². The van der Waals surface area contributed by atoms with Crippen LogP contribution in [-0.2, 0) is 14.6 Å². The van der Waals surface area contributed by atoms with Crippen LogP contribution in [0, 0.1) is 0 Å². The molecule has 0 bridgehead atoms. The van der Waals surface area contributed by atoms with E-state index in [4.69, 9.17) is 4.74 Å². The highest BCUT2D eigenvalue weighted by Crippen LogP contribution is 2.23. The van der Waals surface area contributed by atoms with Gasteiger partial charge >= 0.3 is 0 Å². The molecule has 1 saturated heterocycles. The monoisotopic (exact) mass is 347 g/mol. The standard InChI is InChI=1S/C13H18BrNO3S/c1-19(16,17)9-7-15-6-8-18-13(10-15)11-2-4-12(14)5-3-11/h2-5,13H,6-10H2,1H3/t13-/m0/s1. The molecule has 0 saturated carbocycles. The first-order valence-electron chi connectivity index (χ1n) is 6.21. The maximum Gasteiger partial charge on any atom is 0.148 e. The first kappa shape index (κ1) is 15.0. The Morgan fingerprint density at radius 3 is 2.68 bits per heavy atom. The molecule has 1 heterocycles. The van der Waals surface area contributed by atoms with E-state index in [-0.39, 0.29) is 11.9 Å². The fourth-order valence-corrected chi connectivity index (χ4v) is 2.93. The second-order valence-electron chi connectivity index (χ2n) is 4.84. The van der Waals surface area contributed by atoms with Gasteiger partial charge in [0.25, 0.3) is 0 Å². The van der Waals surface area contributed by atoms with Crippen LogP contribution in [0.3, 0.4) is 0 Å². The van der Waals surface area contributed by atoms with Crippen molar-refractivity contribution in [3.05, 3.63) is 34.3 Å². The van der Waals surface area contributed by atoms with Crippen LogP contribution in [0.5, 0.6) is 0 Å². The molecule has 1 aromatic rings. The summed E-state index contributed by atoms with van der Waals surface area (Å²) in [7, 11) is -2.90. The van der Waals surface area contributed by atoms with Crippen molar-refractivity contribution in [2.24, 2.45) is 0 Å². The number of ether oxygens (including phenoxy) is 1. The molecule has 1 fully saturated rings. The number of halogens is 1. The Bertz CT molecular complexity index is 515. The first-order valence-corrected chi connectivity index (χ1v) is 9.06. The lowest BCUT2D eigenvalue weighted by molar-refractivity contribution is -0.0279. The number of morpholine rings is 1. The molecule has 0 aliphatic carbocycles. The van der Waals surface area contributed by atoms with E-state index < -0.39 is 9.84 Å². The van der Waals surface area contributed by atoms with E-state index in [2.05, 4.69) is 20.8 Å². The molecule has 0 spiro atoms. The third kappa shape index (κ3) is 4.87. The molecule has 19 heavy (non-hydrogen) atoms. The Morgan fingerprint density at radius 1 is 1.37 bits per heavy atom. The zero-order valence-electron chi connectivity index (χ0n) is 10.9. The van der Waals surface area contributed by atoms with Crippen LogP contribution in [0.25, 0.3) is 0 Å². The average Bonchev–Trinajstić information content (AvgIpc) is 2.37. The number of nitrogens with zero attached hydrogens (tertiary/aromatic N) is 1. The summed E-state index contributed by atoms with van der Waals surface area (Å²) in [5.74, 6) is 0.208. The van der Waals surface area contributed by atoms with Gasteiger partial charge < -0.3 is 4.74 Å². The zero-order chi connectivity index (χ0) is 13.9. The molecule has 0 aromatic heterocycles. The van der Waals surface area contributed by atoms with Gasteiger partial charge in [0.05, 0.1) is 18.5 Å². The maximum absolute atomic E-state index is 11.2. The molecule has 1 atom stereocenters. The van der Waals surface area contributed by atoms with Crippen molar-refractivity contribution in [1.29, 1.82) is 0 Å². The first-order chi connectivity index (χ1) is 8.94. The van der Waals surface area contributed by atoms with Crippen molar-refractivity contribution >= 4 is 25.8 Å². The number of hydrogen-bond donors (Lipinski definition) is 0. The average molecular weight is 348 g/mol. The van der Waals surface area contributed by atoms with Crippen molar-refractivity contribution in [2.45, 2.75) is 6.10 Å². The van der Waals surface area contributed by atoms with Gasteiger partial charge in [-0.2, -0.15) is 0 Å². The van der Waals surface area contributed by atoms with Gasteiger partial charge in [-0.1, -0.05) is 28.1 Å². The second-order valence-corrected chi connectivity index (χ2v) is 8.02. The Balaban J connectivity index is 1.95. The zero-order valence-corrected chi connectivity index (χ0v) is 13.3. The third-order valence-electron chi connectivity index (χ3n) is 3.17. The Morgan fingerprint density at radius 2 is 2.05 bits per heavy atom.